The number of hydrogen-bond acceptors (Lipinski definition) is 4. The summed E-state index contributed by atoms with van der Waals surface area (Å²) in [5, 5.41) is 7.63. The number of benzene rings is 2. The first-order valence-electron chi connectivity index (χ1n) is 9.11. The Morgan fingerprint density at radius 1 is 1.07 bits per heavy atom. The fourth-order valence-corrected chi connectivity index (χ4v) is 3.70. The molecule has 0 radical (unpaired) electrons. The maximum absolute atomic E-state index is 12.7. The van der Waals surface area contributed by atoms with Crippen LogP contribution < -0.4 is 10.9 Å². The van der Waals surface area contributed by atoms with Crippen LogP contribution in [0.25, 0.3) is 11.0 Å². The lowest BCUT2D eigenvalue weighted by atomic mass is 10.2. The summed E-state index contributed by atoms with van der Waals surface area (Å²) in [5.74, 6) is -0.135. The van der Waals surface area contributed by atoms with Crippen LogP contribution in [0.15, 0.2) is 71.9 Å². The molecule has 2 aromatic carbocycles. The van der Waals surface area contributed by atoms with Gasteiger partial charge in [-0.2, -0.15) is 5.10 Å². The smallest absolute Gasteiger partial charge is 0.264 e. The minimum absolute atomic E-state index is 0.132. The van der Waals surface area contributed by atoms with Gasteiger partial charge in [-0.3, -0.25) is 14.2 Å². The summed E-state index contributed by atoms with van der Waals surface area (Å²) >= 11 is 2.14. The summed E-state index contributed by atoms with van der Waals surface area (Å²) < 4.78 is 4.11. The number of halogens is 1. The summed E-state index contributed by atoms with van der Waals surface area (Å²) in [6.07, 6.45) is 3.08. The molecule has 0 unspecified atom stereocenters. The number of nitrogens with one attached hydrogen (secondary N) is 1. The summed E-state index contributed by atoms with van der Waals surface area (Å²) in [6.45, 7) is 1.27. The Bertz CT molecular complexity index is 1220. The van der Waals surface area contributed by atoms with E-state index in [0.717, 1.165) is 9.13 Å². The average Bonchev–Trinajstić information content (AvgIpc) is 3.15. The van der Waals surface area contributed by atoms with Gasteiger partial charge >= 0.3 is 0 Å². The molecule has 2 aromatic heterocycles. The van der Waals surface area contributed by atoms with E-state index in [2.05, 4.69) is 38.0 Å². The standard InChI is InChI=1S/C21H18IN5O2/c22-18-9-5-4-8-16(18)20(28)23-10-11-27-19-17(12-25-27)21(29)26(14-24-19)13-15-6-2-1-3-7-15/h1-9,12,14H,10-11,13H2,(H,23,28). The molecule has 0 bridgehead atoms. The van der Waals surface area contributed by atoms with Gasteiger partial charge in [-0.25, -0.2) is 9.67 Å². The topological polar surface area (TPSA) is 81.8 Å². The fraction of sp³-hybridized carbons (Fsp3) is 0.143. The Balaban J connectivity index is 1.46. The van der Waals surface area contributed by atoms with Crippen molar-refractivity contribution in [2.24, 2.45) is 0 Å². The van der Waals surface area contributed by atoms with Crippen molar-refractivity contribution in [1.29, 1.82) is 0 Å². The first-order chi connectivity index (χ1) is 14.1. The third kappa shape index (κ3) is 4.21. The maximum atomic E-state index is 12.7. The summed E-state index contributed by atoms with van der Waals surface area (Å²) in [6, 6.07) is 17.2. The van der Waals surface area contributed by atoms with E-state index < -0.39 is 0 Å². The molecule has 2 heterocycles. The Kier molecular flexibility index (Phi) is 5.70. The second-order valence-electron chi connectivity index (χ2n) is 6.50. The predicted octanol–water partition coefficient (Wildman–Crippen LogP) is 2.68. The van der Waals surface area contributed by atoms with E-state index in [1.807, 2.05) is 48.5 Å². The Morgan fingerprint density at radius 3 is 2.62 bits per heavy atom. The Hall–Kier alpha value is -3.01. The van der Waals surface area contributed by atoms with E-state index in [1.54, 1.807) is 21.6 Å². The van der Waals surface area contributed by atoms with Gasteiger partial charge in [0.2, 0.25) is 0 Å². The molecule has 0 aliphatic heterocycles. The highest BCUT2D eigenvalue weighted by molar-refractivity contribution is 14.1. The van der Waals surface area contributed by atoms with Crippen LogP contribution in [0.1, 0.15) is 15.9 Å². The minimum Gasteiger partial charge on any atom is -0.350 e. The van der Waals surface area contributed by atoms with Crippen LogP contribution in [0.5, 0.6) is 0 Å². The first kappa shape index (κ1) is 19.3. The molecule has 1 amide bonds. The van der Waals surface area contributed by atoms with E-state index in [0.29, 0.717) is 36.2 Å². The summed E-state index contributed by atoms with van der Waals surface area (Å²) in [4.78, 5) is 29.5. The first-order valence-corrected chi connectivity index (χ1v) is 10.2. The van der Waals surface area contributed by atoms with E-state index in [9.17, 15) is 9.59 Å². The van der Waals surface area contributed by atoms with Crippen molar-refractivity contribution in [1.82, 2.24) is 24.6 Å². The van der Waals surface area contributed by atoms with Crippen molar-refractivity contribution in [2.45, 2.75) is 13.1 Å². The van der Waals surface area contributed by atoms with Crippen molar-refractivity contribution in [2.75, 3.05) is 6.54 Å². The molecule has 1 N–H and O–H groups in total. The average molecular weight is 499 g/mol. The molecule has 0 saturated carbocycles. The largest absolute Gasteiger partial charge is 0.350 e. The number of aromatic nitrogens is 4. The molecular formula is C21H18IN5O2. The molecule has 0 atom stereocenters. The van der Waals surface area contributed by atoms with Crippen LogP contribution in [0.4, 0.5) is 0 Å². The molecule has 0 saturated heterocycles. The highest BCUT2D eigenvalue weighted by atomic mass is 127. The fourth-order valence-electron chi connectivity index (χ4n) is 3.07. The number of amides is 1. The van der Waals surface area contributed by atoms with Crippen LogP contribution in [-0.4, -0.2) is 31.8 Å². The highest BCUT2D eigenvalue weighted by Crippen LogP contribution is 2.11. The van der Waals surface area contributed by atoms with E-state index in [-0.39, 0.29) is 11.5 Å². The number of carbonyl (C=O) groups is 1. The lowest BCUT2D eigenvalue weighted by molar-refractivity contribution is 0.0951. The number of nitrogens with zero attached hydrogens (tertiary/aromatic N) is 4. The predicted molar refractivity (Wildman–Crippen MR) is 119 cm³/mol. The van der Waals surface area contributed by atoms with Crippen LogP contribution in [0.2, 0.25) is 0 Å². The Morgan fingerprint density at radius 2 is 1.83 bits per heavy atom. The molecule has 0 aliphatic carbocycles. The zero-order valence-electron chi connectivity index (χ0n) is 15.5. The van der Waals surface area contributed by atoms with Gasteiger partial charge in [0.25, 0.3) is 11.5 Å². The van der Waals surface area contributed by atoms with Gasteiger partial charge in [-0.05, 0) is 40.3 Å². The maximum Gasteiger partial charge on any atom is 0.264 e. The lowest BCUT2D eigenvalue weighted by Gasteiger charge is -2.08. The van der Waals surface area contributed by atoms with E-state index >= 15 is 0 Å². The summed E-state index contributed by atoms with van der Waals surface area (Å²) in [7, 11) is 0. The second kappa shape index (κ2) is 8.56. The van der Waals surface area contributed by atoms with Crippen molar-refractivity contribution in [3.05, 3.63) is 92.2 Å². The van der Waals surface area contributed by atoms with Gasteiger partial charge in [0, 0.05) is 10.1 Å². The molecule has 0 aliphatic rings. The number of fused-ring (bicyclic) bond motifs is 1. The van der Waals surface area contributed by atoms with Gasteiger partial charge < -0.3 is 5.32 Å². The van der Waals surface area contributed by atoms with Crippen LogP contribution >= 0.6 is 22.6 Å². The SMILES string of the molecule is O=C(NCCn1ncc2c(=O)n(Cc3ccccc3)cnc21)c1ccccc1I. The molecule has 146 valence electrons. The van der Waals surface area contributed by atoms with Crippen LogP contribution in [-0.2, 0) is 13.1 Å². The summed E-state index contributed by atoms with van der Waals surface area (Å²) in [5.41, 5.74) is 2.05. The van der Waals surface area contributed by atoms with Crippen molar-refractivity contribution >= 4 is 39.5 Å². The van der Waals surface area contributed by atoms with Gasteiger partial charge in [0.05, 0.1) is 24.8 Å². The minimum atomic E-state index is -0.135. The monoisotopic (exact) mass is 499 g/mol. The Labute approximate surface area is 180 Å². The van der Waals surface area contributed by atoms with E-state index in [1.165, 1.54) is 6.20 Å². The number of carbonyl (C=O) groups excluding carboxylic acids is 1. The molecule has 7 nitrogen and oxygen atoms in total. The molecule has 4 rings (SSSR count). The molecule has 29 heavy (non-hydrogen) atoms. The second-order valence-corrected chi connectivity index (χ2v) is 7.67. The number of rotatable bonds is 6. The third-order valence-corrected chi connectivity index (χ3v) is 5.49. The van der Waals surface area contributed by atoms with Crippen LogP contribution in [0.3, 0.4) is 0 Å². The van der Waals surface area contributed by atoms with Crippen molar-refractivity contribution in [3.63, 3.8) is 0 Å². The molecular weight excluding hydrogens is 481 g/mol. The van der Waals surface area contributed by atoms with Gasteiger partial charge in [0.15, 0.2) is 5.65 Å². The lowest BCUT2D eigenvalue weighted by Crippen LogP contribution is -2.28. The zero-order chi connectivity index (χ0) is 20.2. The number of hydrogen-bond donors (Lipinski definition) is 1. The molecule has 0 fully saturated rings. The van der Waals surface area contributed by atoms with Crippen molar-refractivity contribution in [3.8, 4) is 0 Å². The quantitative estimate of drug-likeness (QED) is 0.414. The normalized spacial score (nSPS) is 10.9. The van der Waals surface area contributed by atoms with E-state index in [4.69, 9.17) is 0 Å². The van der Waals surface area contributed by atoms with Crippen molar-refractivity contribution < 1.29 is 4.79 Å². The third-order valence-electron chi connectivity index (χ3n) is 4.55. The zero-order valence-corrected chi connectivity index (χ0v) is 17.6. The molecule has 8 heteroatoms. The van der Waals surface area contributed by atoms with Gasteiger partial charge in [0.1, 0.15) is 11.7 Å². The van der Waals surface area contributed by atoms with Gasteiger partial charge in [-0.15, -0.1) is 0 Å². The van der Waals surface area contributed by atoms with Crippen LogP contribution in [0, 0.1) is 3.57 Å². The molecule has 0 spiro atoms. The van der Waals surface area contributed by atoms with Gasteiger partial charge in [-0.1, -0.05) is 42.5 Å². The highest BCUT2D eigenvalue weighted by Gasteiger charge is 2.12. The molecule has 4 aromatic rings.